The minimum atomic E-state index is -0.578. The zero-order valence-corrected chi connectivity index (χ0v) is 13.5. The van der Waals surface area contributed by atoms with E-state index in [4.69, 9.17) is 10.5 Å². The van der Waals surface area contributed by atoms with Crippen LogP contribution in [0.4, 0.5) is 0 Å². The Hall–Kier alpha value is -0.910. The molecule has 5 heteroatoms. The van der Waals surface area contributed by atoms with Crippen LogP contribution in [0.1, 0.15) is 18.4 Å². The van der Waals surface area contributed by atoms with Crippen molar-refractivity contribution >= 4 is 21.8 Å². The van der Waals surface area contributed by atoms with Crippen molar-refractivity contribution < 1.29 is 9.53 Å². The summed E-state index contributed by atoms with van der Waals surface area (Å²) in [6.45, 7) is 0.972. The molecule has 0 aliphatic heterocycles. The summed E-state index contributed by atoms with van der Waals surface area (Å²) in [5.74, 6) is -0.0600. The molecule has 1 saturated carbocycles. The second-order valence-electron chi connectivity index (χ2n) is 5.54. The van der Waals surface area contributed by atoms with E-state index in [2.05, 4.69) is 28.1 Å². The second-order valence-corrected chi connectivity index (χ2v) is 6.46. The number of nitrogens with zero attached hydrogens (tertiary/aromatic N) is 1. The number of methoxy groups -OCH3 is 1. The Morgan fingerprint density at radius 3 is 2.55 bits per heavy atom. The molecule has 0 bridgehead atoms. The summed E-state index contributed by atoms with van der Waals surface area (Å²) >= 11 is 3.45. The van der Waals surface area contributed by atoms with E-state index in [9.17, 15) is 4.79 Å². The first-order valence-electron chi connectivity index (χ1n) is 6.74. The smallest absolute Gasteiger partial charge is 0.241 e. The lowest BCUT2D eigenvalue weighted by atomic mass is 9.95. The monoisotopic (exact) mass is 340 g/mol. The quantitative estimate of drug-likeness (QED) is 0.860. The van der Waals surface area contributed by atoms with E-state index >= 15 is 0 Å². The summed E-state index contributed by atoms with van der Waals surface area (Å²) < 4.78 is 6.01. The minimum Gasteiger partial charge on any atom is -0.383 e. The molecule has 4 nitrogen and oxygen atoms in total. The van der Waals surface area contributed by atoms with Gasteiger partial charge in [0.25, 0.3) is 0 Å². The maximum absolute atomic E-state index is 12.1. The van der Waals surface area contributed by atoms with Crippen LogP contribution in [-0.4, -0.2) is 44.2 Å². The molecular formula is C15H21BrN2O2. The van der Waals surface area contributed by atoms with Crippen LogP contribution in [0.15, 0.2) is 28.7 Å². The third kappa shape index (κ3) is 3.40. The molecule has 0 radical (unpaired) electrons. The summed E-state index contributed by atoms with van der Waals surface area (Å²) in [5.41, 5.74) is 7.21. The van der Waals surface area contributed by atoms with Gasteiger partial charge in [-0.25, -0.2) is 0 Å². The predicted octanol–water partition coefficient (Wildman–Crippen LogP) is 1.91. The van der Waals surface area contributed by atoms with Gasteiger partial charge in [0.15, 0.2) is 0 Å². The fraction of sp³-hybridized carbons (Fsp3) is 0.533. The van der Waals surface area contributed by atoms with Gasteiger partial charge >= 0.3 is 0 Å². The Bertz CT molecular complexity index is 471. The van der Waals surface area contributed by atoms with Gasteiger partial charge in [-0.3, -0.25) is 4.79 Å². The third-order valence-electron chi connectivity index (χ3n) is 3.89. The number of carbonyl (C=O) groups excluding carboxylic acids is 1. The lowest BCUT2D eigenvalue weighted by molar-refractivity contribution is -0.132. The van der Waals surface area contributed by atoms with E-state index in [0.29, 0.717) is 6.54 Å². The molecule has 110 valence electrons. The normalized spacial score (nSPS) is 17.6. The van der Waals surface area contributed by atoms with Crippen molar-refractivity contribution in [3.8, 4) is 0 Å². The molecular weight excluding hydrogens is 320 g/mol. The number of halogens is 1. The molecule has 1 aliphatic carbocycles. The van der Waals surface area contributed by atoms with Gasteiger partial charge in [-0.05, 0) is 30.5 Å². The Balaban J connectivity index is 2.02. The highest BCUT2D eigenvalue weighted by molar-refractivity contribution is 9.10. The van der Waals surface area contributed by atoms with Gasteiger partial charge in [0.1, 0.15) is 6.04 Å². The van der Waals surface area contributed by atoms with Crippen LogP contribution in [0.3, 0.4) is 0 Å². The number of nitrogens with two attached hydrogens (primary N) is 1. The van der Waals surface area contributed by atoms with E-state index < -0.39 is 6.04 Å². The third-order valence-corrected chi connectivity index (χ3v) is 4.42. The van der Waals surface area contributed by atoms with Crippen LogP contribution in [0.2, 0.25) is 0 Å². The zero-order chi connectivity index (χ0) is 14.8. The van der Waals surface area contributed by atoms with E-state index in [1.54, 1.807) is 12.0 Å². The fourth-order valence-electron chi connectivity index (χ4n) is 2.56. The van der Waals surface area contributed by atoms with Gasteiger partial charge in [0, 0.05) is 30.6 Å². The number of likely N-dealkylation sites (N-methyl/N-ethyl adjacent to an activating group) is 1. The van der Waals surface area contributed by atoms with Crippen LogP contribution in [-0.2, 0) is 14.9 Å². The van der Waals surface area contributed by atoms with Crippen LogP contribution >= 0.6 is 15.9 Å². The van der Waals surface area contributed by atoms with E-state index in [0.717, 1.165) is 17.3 Å². The summed E-state index contributed by atoms with van der Waals surface area (Å²) in [6.07, 6.45) is 2.23. The van der Waals surface area contributed by atoms with Crippen LogP contribution < -0.4 is 5.73 Å². The molecule has 1 amide bonds. The van der Waals surface area contributed by atoms with E-state index in [1.165, 1.54) is 5.56 Å². The molecule has 0 spiro atoms. The first-order valence-corrected chi connectivity index (χ1v) is 7.53. The topological polar surface area (TPSA) is 55.6 Å². The first kappa shape index (κ1) is 15.5. The average molecular weight is 341 g/mol. The minimum absolute atomic E-state index is 0.0600. The highest BCUT2D eigenvalue weighted by Crippen LogP contribution is 2.48. The number of rotatable bonds is 6. The fourth-order valence-corrected chi connectivity index (χ4v) is 2.82. The van der Waals surface area contributed by atoms with Gasteiger partial charge in [0.05, 0.1) is 6.61 Å². The maximum Gasteiger partial charge on any atom is 0.241 e. The van der Waals surface area contributed by atoms with Crippen LogP contribution in [0.25, 0.3) is 0 Å². The van der Waals surface area contributed by atoms with Gasteiger partial charge < -0.3 is 15.4 Å². The molecule has 0 heterocycles. The lowest BCUT2D eigenvalue weighted by Gasteiger charge is -2.26. The van der Waals surface area contributed by atoms with Crippen LogP contribution in [0.5, 0.6) is 0 Å². The Kier molecular flexibility index (Phi) is 4.83. The van der Waals surface area contributed by atoms with Crippen LogP contribution in [0, 0.1) is 0 Å². The SMILES string of the molecule is COCC(N)C(=O)N(C)CC1(c2ccc(Br)cc2)CC1. The lowest BCUT2D eigenvalue weighted by Crippen LogP contribution is -2.46. The van der Waals surface area contributed by atoms with Crippen molar-refractivity contribution in [3.05, 3.63) is 34.3 Å². The summed E-state index contributed by atoms with van der Waals surface area (Å²) in [4.78, 5) is 13.9. The number of ether oxygens (including phenoxy) is 1. The van der Waals surface area contributed by atoms with Gasteiger partial charge in [-0.2, -0.15) is 0 Å². The Labute approximate surface area is 128 Å². The molecule has 1 fully saturated rings. The van der Waals surface area contributed by atoms with Crippen molar-refractivity contribution in [2.45, 2.75) is 24.3 Å². The predicted molar refractivity (Wildman–Crippen MR) is 82.5 cm³/mol. The van der Waals surface area contributed by atoms with Gasteiger partial charge in [0.2, 0.25) is 5.91 Å². The molecule has 2 N–H and O–H groups in total. The molecule has 1 aromatic rings. The second kappa shape index (κ2) is 6.24. The van der Waals surface area contributed by atoms with E-state index in [-0.39, 0.29) is 17.9 Å². The number of carbonyl (C=O) groups is 1. The standard InChI is InChI=1S/C15H21BrN2O2/c1-18(14(19)13(17)9-20-2)10-15(7-8-15)11-3-5-12(16)6-4-11/h3-6,13H,7-10,17H2,1-2H3. The highest BCUT2D eigenvalue weighted by atomic mass is 79.9. The molecule has 1 aromatic carbocycles. The van der Waals surface area contributed by atoms with Crippen molar-refractivity contribution in [1.82, 2.24) is 4.90 Å². The van der Waals surface area contributed by atoms with Crippen molar-refractivity contribution in [1.29, 1.82) is 0 Å². The number of amides is 1. The number of hydrogen-bond donors (Lipinski definition) is 1. The molecule has 20 heavy (non-hydrogen) atoms. The highest BCUT2D eigenvalue weighted by Gasteiger charge is 2.45. The van der Waals surface area contributed by atoms with Gasteiger partial charge in [-0.15, -0.1) is 0 Å². The first-order chi connectivity index (χ1) is 9.48. The molecule has 2 rings (SSSR count). The summed E-state index contributed by atoms with van der Waals surface area (Å²) in [6, 6.07) is 7.78. The zero-order valence-electron chi connectivity index (χ0n) is 11.9. The molecule has 0 saturated heterocycles. The summed E-state index contributed by atoms with van der Waals surface area (Å²) in [7, 11) is 3.37. The molecule has 0 aromatic heterocycles. The van der Waals surface area contributed by atoms with E-state index in [1.807, 2.05) is 19.2 Å². The van der Waals surface area contributed by atoms with Crippen molar-refractivity contribution in [2.24, 2.45) is 5.73 Å². The molecule has 1 aliphatic rings. The largest absolute Gasteiger partial charge is 0.383 e. The van der Waals surface area contributed by atoms with Crippen molar-refractivity contribution in [2.75, 3.05) is 27.3 Å². The number of benzene rings is 1. The Morgan fingerprint density at radius 1 is 1.45 bits per heavy atom. The van der Waals surface area contributed by atoms with Gasteiger partial charge in [-0.1, -0.05) is 28.1 Å². The maximum atomic E-state index is 12.1. The average Bonchev–Trinajstić information content (AvgIpc) is 3.19. The Morgan fingerprint density at radius 2 is 2.05 bits per heavy atom. The molecule has 1 atom stereocenters. The number of hydrogen-bond acceptors (Lipinski definition) is 3. The molecule has 1 unspecified atom stereocenters. The summed E-state index contributed by atoms with van der Waals surface area (Å²) in [5, 5.41) is 0. The van der Waals surface area contributed by atoms with Crippen molar-refractivity contribution in [3.63, 3.8) is 0 Å².